The van der Waals surface area contributed by atoms with Crippen LogP contribution in [0.5, 0.6) is 5.75 Å². The summed E-state index contributed by atoms with van der Waals surface area (Å²) < 4.78 is 11.0. The lowest BCUT2D eigenvalue weighted by atomic mass is 9.97. The Morgan fingerprint density at radius 2 is 1.82 bits per heavy atom. The summed E-state index contributed by atoms with van der Waals surface area (Å²) in [6.07, 6.45) is 1.54. The van der Waals surface area contributed by atoms with Crippen molar-refractivity contribution in [1.29, 1.82) is 0 Å². The van der Waals surface area contributed by atoms with Gasteiger partial charge in [-0.1, -0.05) is 36.4 Å². The van der Waals surface area contributed by atoms with Crippen LogP contribution in [-0.2, 0) is 20.9 Å². The molecule has 1 unspecified atom stereocenters. The van der Waals surface area contributed by atoms with Crippen LogP contribution in [0.15, 0.2) is 53.9 Å². The number of piperidine rings is 1. The lowest BCUT2D eigenvalue weighted by Crippen LogP contribution is -2.40. The molecule has 2 aromatic carbocycles. The molecule has 0 radical (unpaired) electrons. The quantitative estimate of drug-likeness (QED) is 0.408. The number of likely N-dealkylation sites (tertiary alicyclic amines) is 1. The molecule has 1 aliphatic rings. The van der Waals surface area contributed by atoms with Crippen molar-refractivity contribution in [3.8, 4) is 5.75 Å². The molecule has 1 atom stereocenters. The molecule has 3 aromatic rings. The molecule has 200 valence electrons. The van der Waals surface area contributed by atoms with Gasteiger partial charge in [0, 0.05) is 24.4 Å². The lowest BCUT2D eigenvalue weighted by Gasteiger charge is -2.31. The van der Waals surface area contributed by atoms with E-state index in [1.165, 1.54) is 16.9 Å². The molecular formula is C29H33N3O5S. The summed E-state index contributed by atoms with van der Waals surface area (Å²) in [7, 11) is 0. The zero-order chi connectivity index (χ0) is 27.1. The average molecular weight is 536 g/mol. The van der Waals surface area contributed by atoms with Crippen molar-refractivity contribution in [2.75, 3.05) is 19.7 Å². The summed E-state index contributed by atoms with van der Waals surface area (Å²) in [5, 5.41) is 5.25. The van der Waals surface area contributed by atoms with Crippen molar-refractivity contribution in [3.63, 3.8) is 0 Å². The second kappa shape index (κ2) is 12.7. The first-order chi connectivity index (χ1) is 18.3. The number of rotatable bonds is 9. The highest BCUT2D eigenvalue weighted by Crippen LogP contribution is 2.30. The number of aryl methyl sites for hydroxylation is 2. The van der Waals surface area contributed by atoms with Crippen molar-refractivity contribution in [3.05, 3.63) is 81.3 Å². The lowest BCUT2D eigenvalue weighted by molar-refractivity contribution is -0.146. The zero-order valence-corrected chi connectivity index (χ0v) is 22.8. The van der Waals surface area contributed by atoms with Gasteiger partial charge in [0.1, 0.15) is 24.1 Å². The van der Waals surface area contributed by atoms with E-state index in [1.54, 1.807) is 12.3 Å². The maximum Gasteiger partial charge on any atom is 0.328 e. The van der Waals surface area contributed by atoms with Crippen LogP contribution >= 0.6 is 11.3 Å². The molecule has 4 rings (SSSR count). The van der Waals surface area contributed by atoms with Gasteiger partial charge in [0.2, 0.25) is 0 Å². The molecule has 1 saturated heterocycles. The van der Waals surface area contributed by atoms with Gasteiger partial charge in [-0.2, -0.15) is 0 Å². The van der Waals surface area contributed by atoms with E-state index < -0.39 is 17.9 Å². The number of benzene rings is 2. The first kappa shape index (κ1) is 27.3. The second-order valence-electron chi connectivity index (χ2n) is 9.55. The molecule has 1 aromatic heterocycles. The SMILES string of the molecule is Cc1ccc(OCC(=O)N2CCC(c3nc(C(=O)NC(C)C(=O)OCc4ccccc4)cs3)CC2)cc1C. The summed E-state index contributed by atoms with van der Waals surface area (Å²) in [5.41, 5.74) is 3.48. The number of carbonyl (C=O) groups is 3. The monoisotopic (exact) mass is 535 g/mol. The van der Waals surface area contributed by atoms with Crippen LogP contribution in [0.3, 0.4) is 0 Å². The van der Waals surface area contributed by atoms with Crippen LogP contribution in [0.1, 0.15) is 57.9 Å². The van der Waals surface area contributed by atoms with Gasteiger partial charge in [-0.15, -0.1) is 11.3 Å². The predicted molar refractivity (Wildman–Crippen MR) is 145 cm³/mol. The maximum atomic E-state index is 12.7. The zero-order valence-electron chi connectivity index (χ0n) is 21.9. The Kier molecular flexibility index (Phi) is 9.12. The van der Waals surface area contributed by atoms with E-state index in [-0.39, 0.29) is 30.7 Å². The Labute approximate surface area is 227 Å². The van der Waals surface area contributed by atoms with Crippen LogP contribution in [0.4, 0.5) is 0 Å². The number of carbonyl (C=O) groups excluding carboxylic acids is 3. The summed E-state index contributed by atoms with van der Waals surface area (Å²) >= 11 is 1.43. The van der Waals surface area contributed by atoms with E-state index in [1.807, 2.05) is 67.3 Å². The fraction of sp³-hybridized carbons (Fsp3) is 0.379. The normalized spacial score (nSPS) is 14.6. The molecule has 1 fully saturated rings. The van der Waals surface area contributed by atoms with Gasteiger partial charge in [0.05, 0.1) is 5.01 Å². The molecular weight excluding hydrogens is 502 g/mol. The van der Waals surface area contributed by atoms with Crippen molar-refractivity contribution < 1.29 is 23.9 Å². The minimum absolute atomic E-state index is 0.0146. The topological polar surface area (TPSA) is 97.8 Å². The van der Waals surface area contributed by atoms with Crippen molar-refractivity contribution in [2.24, 2.45) is 0 Å². The summed E-state index contributed by atoms with van der Waals surface area (Å²) in [6, 6.07) is 14.4. The largest absolute Gasteiger partial charge is 0.484 e. The van der Waals surface area contributed by atoms with Gasteiger partial charge >= 0.3 is 5.97 Å². The number of nitrogens with one attached hydrogen (secondary N) is 1. The molecule has 2 amide bonds. The number of hydrogen-bond donors (Lipinski definition) is 1. The minimum Gasteiger partial charge on any atom is -0.484 e. The molecule has 0 saturated carbocycles. The number of thiazole rings is 1. The van der Waals surface area contributed by atoms with Gasteiger partial charge in [-0.25, -0.2) is 9.78 Å². The van der Waals surface area contributed by atoms with Crippen LogP contribution in [0, 0.1) is 13.8 Å². The standard InChI is InChI=1S/C29H33N3O5S/c1-19-9-10-24(15-20(19)2)36-17-26(33)32-13-11-23(12-14-32)28-31-25(18-38-28)27(34)30-21(3)29(35)37-16-22-7-5-4-6-8-22/h4-10,15,18,21,23H,11-14,16-17H2,1-3H3,(H,30,34). The van der Waals surface area contributed by atoms with Gasteiger partial charge in [-0.05, 0) is 62.4 Å². The van der Waals surface area contributed by atoms with Crippen LogP contribution < -0.4 is 10.1 Å². The van der Waals surface area contributed by atoms with Crippen LogP contribution in [0.2, 0.25) is 0 Å². The number of aromatic nitrogens is 1. The minimum atomic E-state index is -0.795. The average Bonchev–Trinajstić information content (AvgIpc) is 3.43. The summed E-state index contributed by atoms with van der Waals surface area (Å²) in [4.78, 5) is 43.9. The first-order valence-corrected chi connectivity index (χ1v) is 13.6. The van der Waals surface area contributed by atoms with Crippen molar-refractivity contribution >= 4 is 29.1 Å². The number of ether oxygens (including phenoxy) is 2. The van der Waals surface area contributed by atoms with Crippen LogP contribution in [-0.4, -0.2) is 53.4 Å². The predicted octanol–water partition coefficient (Wildman–Crippen LogP) is 4.41. The summed E-state index contributed by atoms with van der Waals surface area (Å²) in [5.74, 6) is -0.0683. The Balaban J connectivity index is 1.21. The number of amides is 2. The second-order valence-corrected chi connectivity index (χ2v) is 10.4. The third-order valence-corrected chi connectivity index (χ3v) is 7.72. The fourth-order valence-electron chi connectivity index (χ4n) is 4.18. The molecule has 8 nitrogen and oxygen atoms in total. The molecule has 0 aliphatic carbocycles. The highest BCUT2D eigenvalue weighted by molar-refractivity contribution is 7.09. The number of nitrogens with zero attached hydrogens (tertiary/aromatic N) is 2. The van der Waals surface area contributed by atoms with E-state index in [9.17, 15) is 14.4 Å². The highest BCUT2D eigenvalue weighted by Gasteiger charge is 2.27. The molecule has 1 aliphatic heterocycles. The highest BCUT2D eigenvalue weighted by atomic mass is 32.1. The van der Waals surface area contributed by atoms with E-state index in [2.05, 4.69) is 10.3 Å². The van der Waals surface area contributed by atoms with Gasteiger partial charge in [0.15, 0.2) is 6.61 Å². The molecule has 0 spiro atoms. The van der Waals surface area contributed by atoms with E-state index >= 15 is 0 Å². The van der Waals surface area contributed by atoms with E-state index in [4.69, 9.17) is 9.47 Å². The van der Waals surface area contributed by atoms with Crippen molar-refractivity contribution in [2.45, 2.75) is 52.2 Å². The number of hydrogen-bond acceptors (Lipinski definition) is 7. The Hall–Kier alpha value is -3.72. The van der Waals surface area contributed by atoms with E-state index in [0.29, 0.717) is 18.8 Å². The molecule has 2 heterocycles. The van der Waals surface area contributed by atoms with Gasteiger partial charge in [0.25, 0.3) is 11.8 Å². The molecule has 38 heavy (non-hydrogen) atoms. The van der Waals surface area contributed by atoms with Crippen LogP contribution in [0.25, 0.3) is 0 Å². The number of esters is 1. The van der Waals surface area contributed by atoms with E-state index in [0.717, 1.165) is 29.0 Å². The molecule has 9 heteroatoms. The van der Waals surface area contributed by atoms with Crippen molar-refractivity contribution in [1.82, 2.24) is 15.2 Å². The fourth-order valence-corrected chi connectivity index (χ4v) is 5.15. The Morgan fingerprint density at radius 1 is 1.08 bits per heavy atom. The Morgan fingerprint density at radius 3 is 2.53 bits per heavy atom. The first-order valence-electron chi connectivity index (χ1n) is 12.7. The summed E-state index contributed by atoms with van der Waals surface area (Å²) in [6.45, 7) is 7.05. The maximum absolute atomic E-state index is 12.7. The third-order valence-electron chi connectivity index (χ3n) is 6.72. The third kappa shape index (κ3) is 7.19. The molecule has 1 N–H and O–H groups in total. The Bertz CT molecular complexity index is 1270. The van der Waals surface area contributed by atoms with Gasteiger partial charge in [-0.3, -0.25) is 9.59 Å². The smallest absolute Gasteiger partial charge is 0.328 e. The molecule has 0 bridgehead atoms. The van der Waals surface area contributed by atoms with Gasteiger partial charge < -0.3 is 19.7 Å².